The second-order valence-electron chi connectivity index (χ2n) is 4.26. The van der Waals surface area contributed by atoms with Gasteiger partial charge in [-0.05, 0) is 24.7 Å². The SMILES string of the molecule is N#CCCN1C[C@H]2CC[C@@H](C1)C2O. The van der Waals surface area contributed by atoms with Crippen LogP contribution in [0.3, 0.4) is 0 Å². The third-order valence-corrected chi connectivity index (χ3v) is 3.40. The zero-order valence-electron chi connectivity index (χ0n) is 7.82. The molecule has 1 unspecified atom stereocenters. The maximum absolute atomic E-state index is 9.76. The summed E-state index contributed by atoms with van der Waals surface area (Å²) in [5.41, 5.74) is 0. The molecule has 0 spiro atoms. The van der Waals surface area contributed by atoms with Crippen LogP contribution < -0.4 is 0 Å². The fourth-order valence-corrected chi connectivity index (χ4v) is 2.68. The average molecular weight is 180 g/mol. The van der Waals surface area contributed by atoms with Crippen LogP contribution >= 0.6 is 0 Å². The zero-order chi connectivity index (χ0) is 9.26. The number of nitriles is 1. The van der Waals surface area contributed by atoms with Gasteiger partial charge in [0.25, 0.3) is 0 Å². The van der Waals surface area contributed by atoms with Gasteiger partial charge >= 0.3 is 0 Å². The monoisotopic (exact) mass is 180 g/mol. The van der Waals surface area contributed by atoms with Crippen molar-refractivity contribution in [2.24, 2.45) is 11.8 Å². The Morgan fingerprint density at radius 1 is 1.31 bits per heavy atom. The molecule has 2 bridgehead atoms. The van der Waals surface area contributed by atoms with Crippen LogP contribution in [-0.4, -0.2) is 35.7 Å². The summed E-state index contributed by atoms with van der Waals surface area (Å²) in [6.07, 6.45) is 2.91. The van der Waals surface area contributed by atoms with E-state index in [0.29, 0.717) is 18.3 Å². The van der Waals surface area contributed by atoms with E-state index in [1.54, 1.807) is 0 Å². The van der Waals surface area contributed by atoms with Crippen LogP contribution in [0.15, 0.2) is 0 Å². The second-order valence-corrected chi connectivity index (χ2v) is 4.26. The van der Waals surface area contributed by atoms with Gasteiger partial charge in [0.15, 0.2) is 0 Å². The summed E-state index contributed by atoms with van der Waals surface area (Å²) >= 11 is 0. The van der Waals surface area contributed by atoms with E-state index in [0.717, 1.165) is 19.6 Å². The molecule has 3 heteroatoms. The number of nitrogens with zero attached hydrogens (tertiary/aromatic N) is 2. The Balaban J connectivity index is 1.88. The van der Waals surface area contributed by atoms with Crippen molar-refractivity contribution in [3.8, 4) is 6.07 Å². The molecule has 1 N–H and O–H groups in total. The Kier molecular flexibility index (Phi) is 2.52. The van der Waals surface area contributed by atoms with Crippen LogP contribution in [0, 0.1) is 23.2 Å². The molecular weight excluding hydrogens is 164 g/mol. The minimum Gasteiger partial charge on any atom is -0.392 e. The lowest BCUT2D eigenvalue weighted by molar-refractivity contribution is 0.0177. The highest BCUT2D eigenvalue weighted by molar-refractivity contribution is 4.93. The van der Waals surface area contributed by atoms with Crippen molar-refractivity contribution in [3.05, 3.63) is 0 Å². The number of fused-ring (bicyclic) bond motifs is 2. The zero-order valence-corrected chi connectivity index (χ0v) is 7.82. The lowest BCUT2D eigenvalue weighted by atomic mass is 9.95. The lowest BCUT2D eigenvalue weighted by Crippen LogP contribution is -2.44. The average Bonchev–Trinajstić information content (AvgIpc) is 2.41. The van der Waals surface area contributed by atoms with Gasteiger partial charge in [-0.2, -0.15) is 5.26 Å². The van der Waals surface area contributed by atoms with Gasteiger partial charge in [0.05, 0.1) is 12.2 Å². The van der Waals surface area contributed by atoms with Crippen molar-refractivity contribution in [2.75, 3.05) is 19.6 Å². The van der Waals surface area contributed by atoms with E-state index in [1.165, 1.54) is 12.8 Å². The van der Waals surface area contributed by atoms with Gasteiger partial charge in [0.2, 0.25) is 0 Å². The predicted molar refractivity (Wildman–Crippen MR) is 48.9 cm³/mol. The summed E-state index contributed by atoms with van der Waals surface area (Å²) in [6, 6.07) is 2.17. The van der Waals surface area contributed by atoms with Crippen LogP contribution in [-0.2, 0) is 0 Å². The molecule has 72 valence electrons. The van der Waals surface area contributed by atoms with E-state index in [-0.39, 0.29) is 6.10 Å². The lowest BCUT2D eigenvalue weighted by Gasteiger charge is -2.34. The standard InChI is InChI=1S/C10H16N2O/c11-4-1-5-12-6-8-2-3-9(7-12)10(8)13/h8-10,13H,1-3,5-7H2/t8-,9+,10?. The molecule has 1 saturated carbocycles. The first-order chi connectivity index (χ1) is 6.31. The minimum atomic E-state index is -0.0571. The summed E-state index contributed by atoms with van der Waals surface area (Å²) in [5.74, 6) is 0.967. The molecular formula is C10H16N2O. The van der Waals surface area contributed by atoms with Crippen molar-refractivity contribution in [1.29, 1.82) is 5.26 Å². The number of likely N-dealkylation sites (tertiary alicyclic amines) is 1. The highest BCUT2D eigenvalue weighted by Gasteiger charge is 2.40. The molecule has 0 aromatic carbocycles. The molecule has 0 aromatic rings. The largest absolute Gasteiger partial charge is 0.392 e. The van der Waals surface area contributed by atoms with Crippen LogP contribution in [0.1, 0.15) is 19.3 Å². The van der Waals surface area contributed by atoms with Gasteiger partial charge in [-0.25, -0.2) is 0 Å². The van der Waals surface area contributed by atoms with Crippen molar-refractivity contribution in [3.63, 3.8) is 0 Å². The minimum absolute atomic E-state index is 0.0571. The van der Waals surface area contributed by atoms with Gasteiger partial charge in [-0.1, -0.05) is 0 Å². The maximum atomic E-state index is 9.76. The third kappa shape index (κ3) is 1.70. The molecule has 0 amide bonds. The van der Waals surface area contributed by atoms with E-state index in [4.69, 9.17) is 5.26 Å². The number of piperidine rings is 1. The first kappa shape index (κ1) is 8.98. The molecule has 3 nitrogen and oxygen atoms in total. The summed E-state index contributed by atoms with van der Waals surface area (Å²) in [4.78, 5) is 2.33. The van der Waals surface area contributed by atoms with E-state index in [1.807, 2.05) is 0 Å². The highest BCUT2D eigenvalue weighted by atomic mass is 16.3. The van der Waals surface area contributed by atoms with Gasteiger partial charge < -0.3 is 10.0 Å². The Labute approximate surface area is 79.0 Å². The number of rotatable bonds is 2. The van der Waals surface area contributed by atoms with Crippen LogP contribution in [0.4, 0.5) is 0 Å². The van der Waals surface area contributed by atoms with E-state index < -0.39 is 0 Å². The topological polar surface area (TPSA) is 47.3 Å². The van der Waals surface area contributed by atoms with Gasteiger partial charge in [-0.15, -0.1) is 0 Å². The van der Waals surface area contributed by atoms with E-state index >= 15 is 0 Å². The van der Waals surface area contributed by atoms with Crippen LogP contribution in [0.5, 0.6) is 0 Å². The first-order valence-electron chi connectivity index (χ1n) is 5.08. The van der Waals surface area contributed by atoms with Crippen molar-refractivity contribution in [1.82, 2.24) is 4.90 Å². The molecule has 0 radical (unpaired) electrons. The molecule has 1 aliphatic carbocycles. The molecule has 1 aliphatic heterocycles. The Hall–Kier alpha value is -0.590. The van der Waals surface area contributed by atoms with Gasteiger partial charge in [-0.3, -0.25) is 0 Å². The normalized spacial score (nSPS) is 38.9. The van der Waals surface area contributed by atoms with Gasteiger partial charge in [0.1, 0.15) is 0 Å². The number of aliphatic hydroxyl groups excluding tert-OH is 1. The van der Waals surface area contributed by atoms with Gasteiger partial charge in [0, 0.05) is 26.1 Å². The predicted octanol–water partition coefficient (Wildman–Crippen LogP) is 0.603. The molecule has 13 heavy (non-hydrogen) atoms. The Morgan fingerprint density at radius 3 is 2.46 bits per heavy atom. The third-order valence-electron chi connectivity index (χ3n) is 3.40. The summed E-state index contributed by atoms with van der Waals surface area (Å²) in [7, 11) is 0. The van der Waals surface area contributed by atoms with Crippen LogP contribution in [0.25, 0.3) is 0 Å². The van der Waals surface area contributed by atoms with E-state index in [2.05, 4.69) is 11.0 Å². The number of hydrogen-bond acceptors (Lipinski definition) is 3. The van der Waals surface area contributed by atoms with E-state index in [9.17, 15) is 5.11 Å². The summed E-state index contributed by atoms with van der Waals surface area (Å²) in [5, 5.41) is 18.2. The Bertz CT molecular complexity index is 209. The fourth-order valence-electron chi connectivity index (χ4n) is 2.68. The molecule has 1 saturated heterocycles. The van der Waals surface area contributed by atoms with Crippen molar-refractivity contribution < 1.29 is 5.11 Å². The summed E-state index contributed by atoms with van der Waals surface area (Å²) in [6.45, 7) is 2.88. The summed E-state index contributed by atoms with van der Waals surface area (Å²) < 4.78 is 0. The van der Waals surface area contributed by atoms with Crippen molar-refractivity contribution >= 4 is 0 Å². The molecule has 2 fully saturated rings. The molecule has 0 aromatic heterocycles. The van der Waals surface area contributed by atoms with Crippen molar-refractivity contribution in [2.45, 2.75) is 25.4 Å². The second kappa shape index (κ2) is 3.65. The molecule has 2 aliphatic rings. The Morgan fingerprint density at radius 2 is 1.92 bits per heavy atom. The first-order valence-corrected chi connectivity index (χ1v) is 5.08. The maximum Gasteiger partial charge on any atom is 0.0635 e. The molecule has 2 rings (SSSR count). The quantitative estimate of drug-likeness (QED) is 0.677. The molecule has 3 atom stereocenters. The fraction of sp³-hybridized carbons (Fsp3) is 0.900. The number of hydrogen-bond donors (Lipinski definition) is 1. The molecule has 1 heterocycles. The smallest absolute Gasteiger partial charge is 0.0635 e. The number of aliphatic hydroxyl groups is 1. The highest BCUT2D eigenvalue weighted by Crippen LogP contribution is 2.36. The van der Waals surface area contributed by atoms with Crippen LogP contribution in [0.2, 0.25) is 0 Å².